The maximum Gasteiger partial charge on any atom is 0.387 e. The normalized spacial score (nSPS) is 14.5. The van der Waals surface area contributed by atoms with Gasteiger partial charge in [-0.1, -0.05) is 12.1 Å². The van der Waals surface area contributed by atoms with Crippen molar-refractivity contribution in [2.75, 3.05) is 31.1 Å². The summed E-state index contributed by atoms with van der Waals surface area (Å²) in [6, 6.07) is 10.3. The van der Waals surface area contributed by atoms with Crippen LogP contribution in [0.4, 0.5) is 19.0 Å². The number of alkyl halides is 2. The molecule has 0 saturated carbocycles. The number of piperazine rings is 1. The quantitative estimate of drug-likeness (QED) is 0.670. The van der Waals surface area contributed by atoms with Gasteiger partial charge in [0.05, 0.1) is 11.1 Å². The summed E-state index contributed by atoms with van der Waals surface area (Å²) < 4.78 is 43.4. The third kappa shape index (κ3) is 3.94. The summed E-state index contributed by atoms with van der Waals surface area (Å²) in [5.74, 6) is -0.298. The molecule has 0 atom stereocenters. The van der Waals surface area contributed by atoms with E-state index in [0.717, 1.165) is 0 Å². The van der Waals surface area contributed by atoms with E-state index in [1.807, 2.05) is 4.90 Å². The van der Waals surface area contributed by atoms with E-state index in [9.17, 15) is 18.0 Å². The molecular weight excluding hydrogens is 385 g/mol. The molecule has 3 aromatic rings. The lowest BCUT2D eigenvalue weighted by Crippen LogP contribution is -2.49. The molecule has 0 bridgehead atoms. The second kappa shape index (κ2) is 7.94. The van der Waals surface area contributed by atoms with E-state index >= 15 is 0 Å². The molecular formula is C20H17F3N4O2. The fourth-order valence-corrected chi connectivity index (χ4v) is 3.40. The third-order valence-corrected chi connectivity index (χ3v) is 4.78. The highest BCUT2D eigenvalue weighted by Crippen LogP contribution is 2.26. The lowest BCUT2D eigenvalue weighted by molar-refractivity contribution is -0.0502. The Bertz CT molecular complexity index is 1040. The number of amides is 1. The molecule has 2 aromatic carbocycles. The number of hydrogen-bond acceptors (Lipinski definition) is 5. The van der Waals surface area contributed by atoms with Crippen LogP contribution in [0.5, 0.6) is 5.75 Å². The Morgan fingerprint density at radius 1 is 1.03 bits per heavy atom. The number of benzene rings is 2. The predicted octanol–water partition coefficient (Wildman–Crippen LogP) is 3.33. The monoisotopic (exact) mass is 402 g/mol. The van der Waals surface area contributed by atoms with Crippen LogP contribution < -0.4 is 9.64 Å². The van der Waals surface area contributed by atoms with Gasteiger partial charge in [-0.05, 0) is 30.3 Å². The molecule has 1 aromatic heterocycles. The van der Waals surface area contributed by atoms with Crippen molar-refractivity contribution in [3.05, 3.63) is 60.2 Å². The number of fused-ring (bicyclic) bond motifs is 1. The highest BCUT2D eigenvalue weighted by Gasteiger charge is 2.26. The Kier molecular flexibility index (Phi) is 5.20. The Labute approximate surface area is 164 Å². The first kappa shape index (κ1) is 19.0. The SMILES string of the molecule is O=C(c1ccccc1OC(F)F)N1CCN(c2ncnc3ccc(F)cc23)CC1. The van der Waals surface area contributed by atoms with Crippen LogP contribution in [0.3, 0.4) is 0 Å². The minimum Gasteiger partial charge on any atom is -0.434 e. The van der Waals surface area contributed by atoms with E-state index < -0.39 is 6.61 Å². The van der Waals surface area contributed by atoms with Crippen LogP contribution in [0.15, 0.2) is 48.8 Å². The zero-order valence-electron chi connectivity index (χ0n) is 15.3. The second-order valence-corrected chi connectivity index (χ2v) is 6.51. The van der Waals surface area contributed by atoms with Crippen LogP contribution in [0.1, 0.15) is 10.4 Å². The summed E-state index contributed by atoms with van der Waals surface area (Å²) >= 11 is 0. The van der Waals surface area contributed by atoms with Gasteiger partial charge in [-0.15, -0.1) is 0 Å². The average Bonchev–Trinajstić information content (AvgIpc) is 2.73. The van der Waals surface area contributed by atoms with Gasteiger partial charge in [0.1, 0.15) is 23.7 Å². The minimum atomic E-state index is -3.01. The summed E-state index contributed by atoms with van der Waals surface area (Å²) in [4.78, 5) is 24.8. The number of carbonyl (C=O) groups excluding carboxylic acids is 1. The van der Waals surface area contributed by atoms with Crippen molar-refractivity contribution in [1.82, 2.24) is 14.9 Å². The van der Waals surface area contributed by atoms with Gasteiger partial charge in [0.15, 0.2) is 0 Å². The second-order valence-electron chi connectivity index (χ2n) is 6.51. The number of carbonyl (C=O) groups is 1. The fraction of sp³-hybridized carbons (Fsp3) is 0.250. The van der Waals surface area contributed by atoms with Gasteiger partial charge in [0.25, 0.3) is 5.91 Å². The Balaban J connectivity index is 1.51. The maximum absolute atomic E-state index is 13.7. The van der Waals surface area contributed by atoms with Crippen molar-refractivity contribution in [3.63, 3.8) is 0 Å². The molecule has 2 heterocycles. The number of halogens is 3. The van der Waals surface area contributed by atoms with Crippen molar-refractivity contribution in [1.29, 1.82) is 0 Å². The summed E-state index contributed by atoms with van der Waals surface area (Å²) in [7, 11) is 0. The van der Waals surface area contributed by atoms with E-state index in [2.05, 4.69) is 14.7 Å². The molecule has 29 heavy (non-hydrogen) atoms. The molecule has 1 amide bonds. The van der Waals surface area contributed by atoms with E-state index in [4.69, 9.17) is 0 Å². The van der Waals surface area contributed by atoms with E-state index in [1.54, 1.807) is 17.0 Å². The molecule has 9 heteroatoms. The minimum absolute atomic E-state index is 0.0933. The first-order valence-corrected chi connectivity index (χ1v) is 9.01. The van der Waals surface area contributed by atoms with Gasteiger partial charge in [-0.25, -0.2) is 14.4 Å². The molecule has 1 saturated heterocycles. The van der Waals surface area contributed by atoms with E-state index in [1.165, 1.54) is 36.7 Å². The summed E-state index contributed by atoms with van der Waals surface area (Å²) in [6.45, 7) is -1.35. The topological polar surface area (TPSA) is 58.6 Å². The van der Waals surface area contributed by atoms with Crippen LogP contribution in [0.25, 0.3) is 10.9 Å². The van der Waals surface area contributed by atoms with Crippen LogP contribution >= 0.6 is 0 Å². The number of hydrogen-bond donors (Lipinski definition) is 0. The molecule has 1 aliphatic rings. The van der Waals surface area contributed by atoms with Gasteiger partial charge in [-0.2, -0.15) is 8.78 Å². The molecule has 1 aliphatic heterocycles. The van der Waals surface area contributed by atoms with Crippen molar-refractivity contribution in [3.8, 4) is 5.75 Å². The molecule has 150 valence electrons. The zero-order chi connectivity index (χ0) is 20.4. The Morgan fingerprint density at radius 3 is 2.55 bits per heavy atom. The van der Waals surface area contributed by atoms with E-state index in [-0.39, 0.29) is 23.0 Å². The van der Waals surface area contributed by atoms with Crippen LogP contribution in [0, 0.1) is 5.82 Å². The zero-order valence-corrected chi connectivity index (χ0v) is 15.3. The molecule has 1 fully saturated rings. The number of nitrogens with zero attached hydrogens (tertiary/aromatic N) is 4. The molecule has 4 rings (SSSR count). The molecule has 0 spiro atoms. The van der Waals surface area contributed by atoms with Crippen LogP contribution in [-0.2, 0) is 0 Å². The highest BCUT2D eigenvalue weighted by atomic mass is 19.3. The fourth-order valence-electron chi connectivity index (χ4n) is 3.40. The van der Waals surface area contributed by atoms with Gasteiger partial charge >= 0.3 is 6.61 Å². The standard InChI is InChI=1S/C20H17F3N4O2/c21-13-5-6-16-15(11-13)18(25-12-24-16)26-7-9-27(10-8-26)19(28)14-3-1-2-4-17(14)29-20(22)23/h1-6,11-12,20H,7-10H2. The van der Waals surface area contributed by atoms with Crippen LogP contribution in [-0.4, -0.2) is 53.6 Å². The lowest BCUT2D eigenvalue weighted by Gasteiger charge is -2.36. The number of para-hydroxylation sites is 1. The summed E-state index contributed by atoms with van der Waals surface area (Å²) in [5, 5.41) is 0.600. The van der Waals surface area contributed by atoms with Gasteiger partial charge in [0.2, 0.25) is 0 Å². The van der Waals surface area contributed by atoms with Crippen molar-refractivity contribution >= 4 is 22.6 Å². The molecule has 6 nitrogen and oxygen atoms in total. The summed E-state index contributed by atoms with van der Waals surface area (Å²) in [6.07, 6.45) is 1.42. The number of rotatable bonds is 4. The smallest absolute Gasteiger partial charge is 0.387 e. The van der Waals surface area contributed by atoms with Gasteiger partial charge in [-0.3, -0.25) is 4.79 Å². The van der Waals surface area contributed by atoms with Crippen LogP contribution in [0.2, 0.25) is 0 Å². The third-order valence-electron chi connectivity index (χ3n) is 4.78. The number of ether oxygens (including phenoxy) is 1. The first-order valence-electron chi connectivity index (χ1n) is 9.01. The average molecular weight is 402 g/mol. The van der Waals surface area contributed by atoms with E-state index in [0.29, 0.717) is 42.9 Å². The molecule has 0 unspecified atom stereocenters. The Hall–Kier alpha value is -3.36. The number of anilines is 1. The molecule has 0 aliphatic carbocycles. The van der Waals surface area contributed by atoms with Gasteiger partial charge in [0, 0.05) is 31.6 Å². The van der Waals surface area contributed by atoms with Crippen molar-refractivity contribution in [2.24, 2.45) is 0 Å². The molecule has 0 N–H and O–H groups in total. The summed E-state index contributed by atoms with van der Waals surface area (Å²) in [5.41, 5.74) is 0.726. The lowest BCUT2D eigenvalue weighted by atomic mass is 10.1. The highest BCUT2D eigenvalue weighted by molar-refractivity contribution is 5.97. The number of aromatic nitrogens is 2. The largest absolute Gasteiger partial charge is 0.434 e. The van der Waals surface area contributed by atoms with Crippen molar-refractivity contribution in [2.45, 2.75) is 6.61 Å². The Morgan fingerprint density at radius 2 is 1.79 bits per heavy atom. The van der Waals surface area contributed by atoms with Gasteiger partial charge < -0.3 is 14.5 Å². The van der Waals surface area contributed by atoms with Crippen molar-refractivity contribution < 1.29 is 22.7 Å². The molecule has 0 radical (unpaired) electrons. The maximum atomic E-state index is 13.7. The first-order chi connectivity index (χ1) is 14.0. The predicted molar refractivity (Wildman–Crippen MR) is 101 cm³/mol.